The average Bonchev–Trinajstić information content (AvgIpc) is 1.59. The fraction of sp³-hybridized carbons (Fsp3) is 0.500. The van der Waals surface area contributed by atoms with Crippen LogP contribution in [-0.4, -0.2) is 255 Å². The van der Waals surface area contributed by atoms with Crippen molar-refractivity contribution in [3.63, 3.8) is 0 Å². The maximum atomic E-state index is 13.7. The number of aliphatic hydroxyl groups excluding tert-OH is 4. The number of rotatable bonds is 40. The number of ether oxygens (including phenoxy) is 12. The number of nitrogens with two attached hydrogens (primary N) is 4. The summed E-state index contributed by atoms with van der Waals surface area (Å²) in [6, 6.07) is 34.4. The first-order chi connectivity index (χ1) is 68.1. The summed E-state index contributed by atoms with van der Waals surface area (Å²) in [7, 11) is -16.9. The van der Waals surface area contributed by atoms with E-state index in [1.54, 1.807) is 177 Å². The van der Waals surface area contributed by atoms with E-state index in [2.05, 4.69) is 40.3 Å². The Balaban J connectivity index is 0.000000161. The number of anilines is 4. The van der Waals surface area contributed by atoms with Gasteiger partial charge in [0.1, 0.15) is 142 Å². The van der Waals surface area contributed by atoms with Gasteiger partial charge in [-0.25, -0.2) is 37.4 Å². The van der Waals surface area contributed by atoms with Gasteiger partial charge in [0.15, 0.2) is 24.9 Å². The number of nitrogens with one attached hydrogen (secondary N) is 4. The molecule has 4 aromatic heterocycles. The molecule has 0 aliphatic carbocycles. The van der Waals surface area contributed by atoms with Crippen molar-refractivity contribution in [2.24, 2.45) is 0 Å². The molecule has 8 fully saturated rings. The highest BCUT2D eigenvalue weighted by molar-refractivity contribution is 7.53. The highest BCUT2D eigenvalue weighted by Crippen LogP contribution is 2.56. The summed E-state index contributed by atoms with van der Waals surface area (Å²) in [4.78, 5) is 113. The SMILES string of the molecule is CC(C)OC(=O)[C@@H](C)N[P@@](=O)(OC[C@@]12CO[C@@H]([C@H](n3ccc(N)nc3=O)O1)[C@@H]2O)Oc1ccccc1.CC(C)OC(=O)[C@@H](C)N[P@](=O)(OC[C@@]12CO[C@@H]([C@H](n3ccc(N)nc3=O)O1)[C@@H]2O)Oc1ccccc1.CC(C)OC(=O)[C@H](C)N[P@@](=O)(OC[C@@]12CO[C@@H]([C@H](n3ccc(N)nc3=O)O1)[C@@H]2O)Oc1ccccc1.CC(C)OC(=O)[C@H](C)N[P@](=O)(OC[C@@]12CO[C@@H]([C@H](n3ccc(N)nc3=O)O1)[C@@H]2O)Oc1ccccc1. The molecular weight excluding hydrogens is 1980 g/mol. The molecule has 0 amide bonds. The summed E-state index contributed by atoms with van der Waals surface area (Å²) in [6.07, 6.45) is -8.55. The summed E-state index contributed by atoms with van der Waals surface area (Å²) in [5.41, 5.74) is 13.6. The first kappa shape index (κ1) is 110. The van der Waals surface area contributed by atoms with Crippen LogP contribution in [0.2, 0.25) is 0 Å². The summed E-state index contributed by atoms with van der Waals surface area (Å²) in [6.45, 7) is 17.2. The topological polar surface area (TPSA) is 694 Å². The number of para-hydroxylation sites is 4. The van der Waals surface area contributed by atoms with Gasteiger partial charge in [0.25, 0.3) is 0 Å². The third-order valence-electron chi connectivity index (χ3n) is 22.5. The molecular formula is C88H116N16O36P4. The lowest BCUT2D eigenvalue weighted by Crippen LogP contribution is -2.46. The minimum absolute atomic E-state index is 0.0362. The molecule has 24 atom stereocenters. The largest absolute Gasteiger partial charge is 0.462 e. The minimum Gasteiger partial charge on any atom is -0.462 e. The second-order valence-electron chi connectivity index (χ2n) is 35.4. The van der Waals surface area contributed by atoms with E-state index < -0.39 is 224 Å². The molecule has 0 radical (unpaired) electrons. The second-order valence-corrected chi connectivity index (χ2v) is 42.2. The highest BCUT2D eigenvalue weighted by Gasteiger charge is 2.67. The summed E-state index contributed by atoms with van der Waals surface area (Å²) in [5.74, 6) is -1.57. The molecule has 0 spiro atoms. The van der Waals surface area contributed by atoms with Gasteiger partial charge in [-0.05, 0) is 156 Å². The van der Waals surface area contributed by atoms with Crippen LogP contribution in [0.5, 0.6) is 23.0 Å². The van der Waals surface area contributed by atoms with Gasteiger partial charge in [-0.1, -0.05) is 72.8 Å². The van der Waals surface area contributed by atoms with E-state index in [1.165, 1.54) is 76.7 Å². The Kier molecular flexibility index (Phi) is 35.3. The van der Waals surface area contributed by atoms with Crippen LogP contribution >= 0.6 is 31.0 Å². The van der Waals surface area contributed by atoms with Crippen LogP contribution in [0.1, 0.15) is 108 Å². The van der Waals surface area contributed by atoms with Crippen LogP contribution in [0.3, 0.4) is 0 Å². The zero-order chi connectivity index (χ0) is 104. The number of hydrogen-bond acceptors (Lipinski definition) is 44. The Morgan fingerprint density at radius 3 is 0.681 bits per heavy atom. The van der Waals surface area contributed by atoms with E-state index in [0.717, 1.165) is 18.3 Å². The first-order valence-electron chi connectivity index (χ1n) is 45.3. The van der Waals surface area contributed by atoms with Gasteiger partial charge in [-0.2, -0.15) is 40.3 Å². The molecule has 16 N–H and O–H groups in total. The standard InChI is InChI=1S/4C22H29N4O9P/c4*1-13(2)33-20(28)14(3)25-36(30,35-15-7-5-4-6-8-15)32-12-22-11-31-17(18(22)27)19(34-22)26-10-9-16(23)24-21(26)29/h4*4-10,13-14,17-19,27H,11-12H2,1-3H3,(H,25,30)(H2,23,24,29)/t14-,17+,18-,19+,22+,36+;14-,17+,18-,19+,22+,36-;14-,17-,18+,19-,22-,36+;14-,17-,18+,19-,22-,36-/m0011/s1. The third-order valence-corrected chi connectivity index (χ3v) is 29.0. The van der Waals surface area contributed by atoms with Crippen LogP contribution in [0.25, 0.3) is 0 Å². The lowest BCUT2D eigenvalue weighted by atomic mass is 10.0. The fourth-order valence-corrected chi connectivity index (χ4v) is 21.7. The molecule has 12 heterocycles. The number of carbonyl (C=O) groups is 4. The number of benzene rings is 4. The van der Waals surface area contributed by atoms with Crippen molar-refractivity contribution in [2.75, 3.05) is 75.8 Å². The smallest absolute Gasteiger partial charge is 0.459 e. The lowest BCUT2D eigenvalue weighted by molar-refractivity contribution is -0.185. The van der Waals surface area contributed by atoms with Gasteiger partial charge in [-0.15, -0.1) is 0 Å². The Morgan fingerprint density at radius 2 is 0.514 bits per heavy atom. The van der Waals surface area contributed by atoms with Crippen LogP contribution < -0.4 is 84.1 Å². The molecule has 8 bridgehead atoms. The number of nitrogen functional groups attached to an aromatic ring is 4. The van der Waals surface area contributed by atoms with Gasteiger partial charge in [-0.3, -0.25) is 55.5 Å². The molecule has 0 unspecified atom stereocenters. The molecule has 8 aliphatic heterocycles. The Morgan fingerprint density at radius 1 is 0.333 bits per heavy atom. The first-order valence-corrected chi connectivity index (χ1v) is 51.4. The number of carbonyl (C=O) groups excluding carboxylic acids is 4. The van der Waals surface area contributed by atoms with Crippen molar-refractivity contribution < 1.29 is 151 Å². The molecule has 8 aromatic rings. The average molecular weight is 2100 g/mol. The van der Waals surface area contributed by atoms with Crippen molar-refractivity contribution in [3.05, 3.63) is 212 Å². The van der Waals surface area contributed by atoms with Crippen molar-refractivity contribution >= 4 is 78.1 Å². The normalized spacial score (nSPS) is 27.5. The minimum atomic E-state index is -4.21. The maximum absolute atomic E-state index is 13.7. The number of nitrogens with zero attached hydrogens (tertiary/aromatic N) is 8. The predicted molar refractivity (Wildman–Crippen MR) is 504 cm³/mol. The van der Waals surface area contributed by atoms with E-state index in [-0.39, 0.29) is 97.1 Å². The molecule has 8 aliphatic rings. The Bertz CT molecular complexity index is 5510. The third kappa shape index (κ3) is 26.4. The number of aromatic nitrogens is 8. The van der Waals surface area contributed by atoms with Gasteiger partial charge in [0.05, 0.1) is 77.3 Å². The predicted octanol–water partition coefficient (Wildman–Crippen LogP) is 3.94. The van der Waals surface area contributed by atoms with Gasteiger partial charge >= 0.3 is 77.6 Å². The monoisotopic (exact) mass is 2100 g/mol. The number of fused-ring (bicyclic) bond motifs is 8. The van der Waals surface area contributed by atoms with Crippen molar-refractivity contribution in [1.82, 2.24) is 58.6 Å². The van der Waals surface area contributed by atoms with Crippen LogP contribution in [0, 0.1) is 0 Å². The lowest BCUT2D eigenvalue weighted by Gasteiger charge is -2.32. The summed E-state index contributed by atoms with van der Waals surface area (Å²) >= 11 is 0. The Labute approximate surface area is 822 Å². The van der Waals surface area contributed by atoms with Gasteiger partial charge < -0.3 is 118 Å². The van der Waals surface area contributed by atoms with Crippen LogP contribution in [0.15, 0.2) is 190 Å². The van der Waals surface area contributed by atoms with E-state index >= 15 is 0 Å². The number of aliphatic hydroxyl groups is 4. The summed E-state index contributed by atoms with van der Waals surface area (Å²) in [5, 5.41) is 53.9. The van der Waals surface area contributed by atoms with Crippen molar-refractivity contribution in [3.8, 4) is 23.0 Å². The fourth-order valence-electron chi connectivity index (χ4n) is 15.5. The molecule has 784 valence electrons. The zero-order valence-electron chi connectivity index (χ0n) is 79.9. The Hall–Kier alpha value is -11.2. The van der Waals surface area contributed by atoms with E-state index in [0.29, 0.717) is 0 Å². The number of hydrogen-bond donors (Lipinski definition) is 12. The highest BCUT2D eigenvalue weighted by atomic mass is 31.2. The van der Waals surface area contributed by atoms with E-state index in [4.69, 9.17) is 116 Å². The van der Waals surface area contributed by atoms with E-state index in [1.807, 2.05) is 0 Å². The molecule has 52 nitrogen and oxygen atoms in total. The molecule has 144 heavy (non-hydrogen) atoms. The number of esters is 4. The van der Waals surface area contributed by atoms with E-state index in [9.17, 15) is 77.0 Å². The molecule has 4 aromatic carbocycles. The second kappa shape index (κ2) is 46.3. The molecule has 0 saturated carbocycles. The molecule has 56 heteroatoms. The quantitative estimate of drug-likeness (QED) is 0.0147. The van der Waals surface area contributed by atoms with Crippen LogP contribution in [0.4, 0.5) is 23.3 Å². The summed E-state index contributed by atoms with van der Waals surface area (Å²) < 4.78 is 172. The van der Waals surface area contributed by atoms with Gasteiger partial charge in [0, 0.05) is 24.8 Å². The molecule has 8 saturated heterocycles. The van der Waals surface area contributed by atoms with Gasteiger partial charge in [0.2, 0.25) is 0 Å². The van der Waals surface area contributed by atoms with Crippen molar-refractivity contribution in [1.29, 1.82) is 0 Å². The zero-order valence-corrected chi connectivity index (χ0v) is 83.5. The van der Waals surface area contributed by atoms with Crippen LogP contribution in [-0.2, 0) is 112 Å². The maximum Gasteiger partial charge on any atom is 0.459 e. The molecule has 16 rings (SSSR count). The van der Waals surface area contributed by atoms with Crippen molar-refractivity contribution in [2.45, 2.75) is 228 Å².